The lowest BCUT2D eigenvalue weighted by atomic mass is 9.86. The second-order valence-corrected chi connectivity index (χ2v) is 8.35. The van der Waals surface area contributed by atoms with Crippen molar-refractivity contribution in [1.29, 1.82) is 0 Å². The van der Waals surface area contributed by atoms with Gasteiger partial charge in [-0.15, -0.1) is 24.0 Å². The summed E-state index contributed by atoms with van der Waals surface area (Å²) in [5.41, 5.74) is 0. The van der Waals surface area contributed by atoms with Gasteiger partial charge in [-0.25, -0.2) is 13.1 Å². The Morgan fingerprint density at radius 3 is 2.39 bits per heavy atom. The molecule has 0 atom stereocenters. The van der Waals surface area contributed by atoms with Crippen molar-refractivity contribution in [3.63, 3.8) is 0 Å². The fourth-order valence-electron chi connectivity index (χ4n) is 2.26. The minimum Gasteiger partial charge on any atom is -0.356 e. The lowest BCUT2D eigenvalue weighted by Gasteiger charge is -2.25. The predicted octanol–water partition coefficient (Wildman–Crippen LogP) is 1.93. The zero-order valence-electron chi connectivity index (χ0n) is 14.6. The van der Waals surface area contributed by atoms with Crippen LogP contribution in [0.15, 0.2) is 4.99 Å². The van der Waals surface area contributed by atoms with Gasteiger partial charge in [-0.2, -0.15) is 0 Å². The highest BCUT2D eigenvalue weighted by molar-refractivity contribution is 14.0. The average Bonchev–Trinajstić information content (AvgIpc) is 2.39. The highest BCUT2D eigenvalue weighted by Crippen LogP contribution is 2.25. The Labute approximate surface area is 158 Å². The highest BCUT2D eigenvalue weighted by atomic mass is 127. The number of hydrogen-bond donors (Lipinski definition) is 3. The van der Waals surface area contributed by atoms with Crippen LogP contribution in [0.3, 0.4) is 0 Å². The Balaban J connectivity index is 0.00000484. The van der Waals surface area contributed by atoms with E-state index >= 15 is 0 Å². The fraction of sp³-hybridized carbons (Fsp3) is 0.933. The SMILES string of the molecule is CN=C(NCCCC(C)C)NCCS(=O)(=O)NCC1CCC1.I. The third kappa shape index (κ3) is 11.1. The Bertz CT molecular complexity index is 437. The molecule has 1 saturated carbocycles. The molecular formula is C15H33IN4O2S. The van der Waals surface area contributed by atoms with Gasteiger partial charge < -0.3 is 10.6 Å². The van der Waals surface area contributed by atoms with E-state index in [0.29, 0.717) is 30.9 Å². The molecule has 0 amide bonds. The van der Waals surface area contributed by atoms with Crippen molar-refractivity contribution in [2.24, 2.45) is 16.8 Å². The zero-order valence-corrected chi connectivity index (χ0v) is 17.7. The van der Waals surface area contributed by atoms with Crippen LogP contribution in [-0.2, 0) is 10.0 Å². The van der Waals surface area contributed by atoms with Crippen LogP contribution in [0.1, 0.15) is 46.0 Å². The van der Waals surface area contributed by atoms with Crippen LogP contribution in [0.25, 0.3) is 0 Å². The minimum absolute atomic E-state index is 0. The highest BCUT2D eigenvalue weighted by Gasteiger charge is 2.19. The summed E-state index contributed by atoms with van der Waals surface area (Å²) in [4.78, 5) is 4.10. The average molecular weight is 460 g/mol. The van der Waals surface area contributed by atoms with Gasteiger partial charge in [0.15, 0.2) is 5.96 Å². The molecule has 0 spiro atoms. The van der Waals surface area contributed by atoms with Crippen molar-refractivity contribution in [2.45, 2.75) is 46.0 Å². The van der Waals surface area contributed by atoms with Crippen LogP contribution in [0.4, 0.5) is 0 Å². The van der Waals surface area contributed by atoms with E-state index in [-0.39, 0.29) is 29.7 Å². The van der Waals surface area contributed by atoms with E-state index in [0.717, 1.165) is 25.8 Å². The van der Waals surface area contributed by atoms with Gasteiger partial charge in [0.05, 0.1) is 5.75 Å². The number of nitrogens with zero attached hydrogens (tertiary/aromatic N) is 1. The van der Waals surface area contributed by atoms with E-state index < -0.39 is 10.0 Å². The van der Waals surface area contributed by atoms with E-state index in [1.807, 2.05) is 0 Å². The van der Waals surface area contributed by atoms with Crippen molar-refractivity contribution >= 4 is 40.0 Å². The summed E-state index contributed by atoms with van der Waals surface area (Å²) in [5, 5.41) is 6.25. The standard InChI is InChI=1S/C15H32N4O2S.HI/c1-13(2)6-5-9-17-15(16-3)18-10-11-22(20,21)19-12-14-7-4-8-14;/h13-14,19H,4-12H2,1-3H3,(H2,16,17,18);1H. The van der Waals surface area contributed by atoms with Crippen molar-refractivity contribution in [1.82, 2.24) is 15.4 Å². The molecule has 0 bridgehead atoms. The lowest BCUT2D eigenvalue weighted by molar-refractivity contribution is 0.316. The third-order valence-electron chi connectivity index (χ3n) is 3.95. The van der Waals surface area contributed by atoms with Crippen LogP contribution < -0.4 is 15.4 Å². The van der Waals surface area contributed by atoms with E-state index in [1.54, 1.807) is 7.05 Å². The van der Waals surface area contributed by atoms with Gasteiger partial charge in [-0.05, 0) is 37.5 Å². The summed E-state index contributed by atoms with van der Waals surface area (Å²) >= 11 is 0. The molecule has 3 N–H and O–H groups in total. The normalized spacial score (nSPS) is 15.9. The van der Waals surface area contributed by atoms with Crippen molar-refractivity contribution < 1.29 is 8.42 Å². The smallest absolute Gasteiger partial charge is 0.213 e. The van der Waals surface area contributed by atoms with Gasteiger partial charge in [0.2, 0.25) is 10.0 Å². The quantitative estimate of drug-likeness (QED) is 0.201. The fourth-order valence-corrected chi connectivity index (χ4v) is 3.26. The Kier molecular flexibility index (Phi) is 12.2. The molecular weight excluding hydrogens is 427 g/mol. The molecule has 0 aliphatic heterocycles. The molecule has 0 heterocycles. The molecule has 1 aliphatic rings. The van der Waals surface area contributed by atoms with Gasteiger partial charge in [0.1, 0.15) is 0 Å². The second kappa shape index (κ2) is 12.3. The summed E-state index contributed by atoms with van der Waals surface area (Å²) in [7, 11) is -1.49. The van der Waals surface area contributed by atoms with E-state index in [9.17, 15) is 8.42 Å². The van der Waals surface area contributed by atoms with Crippen LogP contribution in [-0.4, -0.2) is 46.8 Å². The molecule has 0 saturated heterocycles. The maximum absolute atomic E-state index is 11.9. The maximum atomic E-state index is 11.9. The lowest BCUT2D eigenvalue weighted by Crippen LogP contribution is -2.42. The summed E-state index contributed by atoms with van der Waals surface area (Å²) in [5.74, 6) is 1.98. The molecule has 0 unspecified atom stereocenters. The number of aliphatic imine (C=N–C) groups is 1. The summed E-state index contributed by atoms with van der Waals surface area (Å²) in [6.45, 7) is 6.21. The summed E-state index contributed by atoms with van der Waals surface area (Å²) in [6, 6.07) is 0. The predicted molar refractivity (Wildman–Crippen MR) is 108 cm³/mol. The second-order valence-electron chi connectivity index (χ2n) is 6.43. The molecule has 1 rings (SSSR count). The molecule has 23 heavy (non-hydrogen) atoms. The van der Waals surface area contributed by atoms with E-state index in [4.69, 9.17) is 0 Å². The van der Waals surface area contributed by atoms with Gasteiger partial charge in [-0.1, -0.05) is 20.3 Å². The Morgan fingerprint density at radius 1 is 1.22 bits per heavy atom. The number of hydrogen-bond acceptors (Lipinski definition) is 3. The van der Waals surface area contributed by atoms with Crippen molar-refractivity contribution in [3.8, 4) is 0 Å². The monoisotopic (exact) mass is 460 g/mol. The van der Waals surface area contributed by atoms with Gasteiger partial charge in [0, 0.05) is 26.7 Å². The zero-order chi connectivity index (χ0) is 16.4. The molecule has 0 radical (unpaired) electrons. The Hall–Kier alpha value is -0.0900. The van der Waals surface area contributed by atoms with Gasteiger partial charge >= 0.3 is 0 Å². The molecule has 1 aliphatic carbocycles. The van der Waals surface area contributed by atoms with Crippen LogP contribution in [0.5, 0.6) is 0 Å². The number of guanidine groups is 1. The molecule has 0 aromatic rings. The molecule has 1 fully saturated rings. The molecule has 0 aromatic heterocycles. The van der Waals surface area contributed by atoms with Crippen LogP contribution in [0.2, 0.25) is 0 Å². The molecule has 8 heteroatoms. The Morgan fingerprint density at radius 2 is 1.87 bits per heavy atom. The number of halogens is 1. The van der Waals surface area contributed by atoms with E-state index in [1.165, 1.54) is 12.8 Å². The molecule has 0 aromatic carbocycles. The van der Waals surface area contributed by atoms with Crippen molar-refractivity contribution in [2.75, 3.05) is 32.4 Å². The topological polar surface area (TPSA) is 82.6 Å². The minimum atomic E-state index is -3.19. The van der Waals surface area contributed by atoms with Gasteiger partial charge in [-0.3, -0.25) is 4.99 Å². The van der Waals surface area contributed by atoms with E-state index in [2.05, 4.69) is 34.2 Å². The first-order valence-electron chi connectivity index (χ1n) is 8.35. The first kappa shape index (κ1) is 22.9. The maximum Gasteiger partial charge on any atom is 0.213 e. The molecule has 6 nitrogen and oxygen atoms in total. The summed E-state index contributed by atoms with van der Waals surface area (Å²) < 4.78 is 26.4. The van der Waals surface area contributed by atoms with Crippen LogP contribution in [0, 0.1) is 11.8 Å². The third-order valence-corrected chi connectivity index (χ3v) is 5.30. The molecule has 138 valence electrons. The van der Waals surface area contributed by atoms with Gasteiger partial charge in [0.25, 0.3) is 0 Å². The van der Waals surface area contributed by atoms with Crippen LogP contribution >= 0.6 is 24.0 Å². The number of sulfonamides is 1. The number of rotatable bonds is 10. The first-order chi connectivity index (χ1) is 10.4. The summed E-state index contributed by atoms with van der Waals surface area (Å²) in [6.07, 6.45) is 5.78. The largest absolute Gasteiger partial charge is 0.356 e. The van der Waals surface area contributed by atoms with Crippen molar-refractivity contribution in [3.05, 3.63) is 0 Å². The number of nitrogens with one attached hydrogen (secondary N) is 3. The first-order valence-corrected chi connectivity index (χ1v) is 10.00.